The van der Waals surface area contributed by atoms with Gasteiger partial charge in [-0.3, -0.25) is 4.90 Å². The Morgan fingerprint density at radius 2 is 2.07 bits per heavy atom. The molecule has 0 amide bonds. The lowest BCUT2D eigenvalue weighted by atomic mass is 10.1. The van der Waals surface area contributed by atoms with Crippen LogP contribution < -0.4 is 0 Å². The van der Waals surface area contributed by atoms with Crippen molar-refractivity contribution in [3.05, 3.63) is 35.9 Å². The van der Waals surface area contributed by atoms with E-state index in [0.717, 1.165) is 19.5 Å². The van der Waals surface area contributed by atoms with Gasteiger partial charge in [0, 0.05) is 24.5 Å². The molecule has 0 unspecified atom stereocenters. The third kappa shape index (κ3) is 2.10. The number of nitrogens with zero attached hydrogens (tertiary/aromatic N) is 1. The quantitative estimate of drug-likeness (QED) is 0.677. The van der Waals surface area contributed by atoms with Gasteiger partial charge in [-0.05, 0) is 18.9 Å². The van der Waals surface area contributed by atoms with E-state index in [0.29, 0.717) is 11.4 Å². The molecule has 0 radical (unpaired) electrons. The highest BCUT2D eigenvalue weighted by Gasteiger charge is 2.24. The molecule has 2 heteroatoms. The van der Waals surface area contributed by atoms with Crippen LogP contribution >= 0.6 is 11.6 Å². The molecule has 0 bridgehead atoms. The number of benzene rings is 1. The van der Waals surface area contributed by atoms with Crippen molar-refractivity contribution in [3.8, 4) is 0 Å². The van der Waals surface area contributed by atoms with Gasteiger partial charge in [-0.25, -0.2) is 0 Å². The van der Waals surface area contributed by atoms with Crippen LogP contribution in [0.3, 0.4) is 0 Å². The Bertz CT molecular complexity index is 286. The van der Waals surface area contributed by atoms with Crippen LogP contribution in [-0.2, 0) is 0 Å². The highest BCUT2D eigenvalue weighted by molar-refractivity contribution is 6.20. The fraction of sp³-hybridized carbons (Fsp3) is 0.500. The molecule has 1 aliphatic rings. The number of halogens is 1. The van der Waals surface area contributed by atoms with Crippen LogP contribution in [0.4, 0.5) is 0 Å². The van der Waals surface area contributed by atoms with Crippen molar-refractivity contribution in [1.29, 1.82) is 0 Å². The predicted molar refractivity (Wildman–Crippen MR) is 60.7 cm³/mol. The SMILES string of the molecule is C[C@@H](c1ccccc1)N1CC[C@H](Cl)C1. The van der Waals surface area contributed by atoms with Crippen LogP contribution in [0.25, 0.3) is 0 Å². The van der Waals surface area contributed by atoms with Gasteiger partial charge in [0.15, 0.2) is 0 Å². The van der Waals surface area contributed by atoms with E-state index < -0.39 is 0 Å². The van der Waals surface area contributed by atoms with E-state index in [2.05, 4.69) is 42.2 Å². The maximum absolute atomic E-state index is 6.10. The summed E-state index contributed by atoms with van der Waals surface area (Å²) in [7, 11) is 0. The zero-order valence-corrected chi connectivity index (χ0v) is 9.24. The number of alkyl halides is 1. The van der Waals surface area contributed by atoms with Gasteiger partial charge < -0.3 is 0 Å². The number of likely N-dealkylation sites (tertiary alicyclic amines) is 1. The van der Waals surface area contributed by atoms with Crippen molar-refractivity contribution in [3.63, 3.8) is 0 Å². The van der Waals surface area contributed by atoms with Crippen LogP contribution in [-0.4, -0.2) is 23.4 Å². The number of hydrogen-bond donors (Lipinski definition) is 0. The second-order valence-electron chi connectivity index (χ2n) is 3.97. The van der Waals surface area contributed by atoms with Crippen molar-refractivity contribution in [1.82, 2.24) is 4.90 Å². The average Bonchev–Trinajstić information content (AvgIpc) is 2.65. The molecule has 1 fully saturated rings. The molecule has 2 atom stereocenters. The Hall–Kier alpha value is -0.530. The third-order valence-electron chi connectivity index (χ3n) is 2.99. The molecule has 2 rings (SSSR count). The van der Waals surface area contributed by atoms with Crippen molar-refractivity contribution in [2.24, 2.45) is 0 Å². The van der Waals surface area contributed by atoms with Crippen LogP contribution in [0.15, 0.2) is 30.3 Å². The third-order valence-corrected chi connectivity index (χ3v) is 3.35. The summed E-state index contributed by atoms with van der Waals surface area (Å²) in [5.74, 6) is 0. The molecule has 1 aromatic rings. The first kappa shape index (κ1) is 10.0. The van der Waals surface area contributed by atoms with Crippen LogP contribution in [0.1, 0.15) is 24.9 Å². The summed E-state index contributed by atoms with van der Waals surface area (Å²) in [5, 5.41) is 0.348. The summed E-state index contributed by atoms with van der Waals surface area (Å²) >= 11 is 6.10. The Morgan fingerprint density at radius 3 is 2.64 bits per heavy atom. The zero-order chi connectivity index (χ0) is 9.97. The predicted octanol–water partition coefficient (Wildman–Crippen LogP) is 3.06. The lowest BCUT2D eigenvalue weighted by Gasteiger charge is -2.24. The molecular weight excluding hydrogens is 194 g/mol. The average molecular weight is 210 g/mol. The Labute approximate surface area is 90.7 Å². The number of hydrogen-bond acceptors (Lipinski definition) is 1. The molecule has 1 nitrogen and oxygen atoms in total. The van der Waals surface area contributed by atoms with Gasteiger partial charge >= 0.3 is 0 Å². The lowest BCUT2D eigenvalue weighted by Crippen LogP contribution is -2.24. The molecule has 0 aliphatic carbocycles. The Morgan fingerprint density at radius 1 is 1.36 bits per heavy atom. The maximum Gasteiger partial charge on any atom is 0.0475 e. The van der Waals surface area contributed by atoms with Gasteiger partial charge in [-0.1, -0.05) is 30.3 Å². The van der Waals surface area contributed by atoms with Crippen LogP contribution in [0.2, 0.25) is 0 Å². The normalized spacial score (nSPS) is 25.1. The highest BCUT2D eigenvalue weighted by atomic mass is 35.5. The van der Waals surface area contributed by atoms with E-state index in [1.807, 2.05) is 0 Å². The topological polar surface area (TPSA) is 3.24 Å². The standard InChI is InChI=1S/C12H16ClN/c1-10(11-5-3-2-4-6-11)14-8-7-12(13)9-14/h2-6,10,12H,7-9H2,1H3/t10-,12-/m0/s1. The van der Waals surface area contributed by atoms with E-state index in [1.165, 1.54) is 5.56 Å². The first-order valence-corrected chi connectivity index (χ1v) is 5.64. The lowest BCUT2D eigenvalue weighted by molar-refractivity contribution is 0.263. The zero-order valence-electron chi connectivity index (χ0n) is 8.49. The molecule has 0 aromatic heterocycles. The molecule has 1 saturated heterocycles. The molecule has 76 valence electrons. The van der Waals surface area contributed by atoms with Crippen LogP contribution in [0.5, 0.6) is 0 Å². The van der Waals surface area contributed by atoms with Crippen molar-refractivity contribution in [2.75, 3.05) is 13.1 Å². The fourth-order valence-corrected chi connectivity index (χ4v) is 2.31. The Kier molecular flexibility index (Phi) is 3.09. The molecule has 0 spiro atoms. The largest absolute Gasteiger partial charge is 0.295 e. The molecule has 1 aromatic carbocycles. The summed E-state index contributed by atoms with van der Waals surface area (Å²) in [5.41, 5.74) is 1.39. The molecule has 0 saturated carbocycles. The summed E-state index contributed by atoms with van der Waals surface area (Å²) in [6, 6.07) is 11.1. The summed E-state index contributed by atoms with van der Waals surface area (Å²) in [6.07, 6.45) is 1.12. The van der Waals surface area contributed by atoms with Gasteiger partial charge in [0.2, 0.25) is 0 Å². The Balaban J connectivity index is 2.05. The van der Waals surface area contributed by atoms with Gasteiger partial charge in [-0.15, -0.1) is 11.6 Å². The van der Waals surface area contributed by atoms with E-state index in [1.54, 1.807) is 0 Å². The minimum atomic E-state index is 0.348. The molecule has 14 heavy (non-hydrogen) atoms. The number of rotatable bonds is 2. The molecule has 1 aliphatic heterocycles. The molecule has 1 heterocycles. The van der Waals surface area contributed by atoms with Gasteiger partial charge in [0.25, 0.3) is 0 Å². The van der Waals surface area contributed by atoms with Gasteiger partial charge in [0.05, 0.1) is 0 Å². The van der Waals surface area contributed by atoms with E-state index in [-0.39, 0.29) is 0 Å². The summed E-state index contributed by atoms with van der Waals surface area (Å²) < 4.78 is 0. The van der Waals surface area contributed by atoms with Crippen molar-refractivity contribution in [2.45, 2.75) is 24.8 Å². The highest BCUT2D eigenvalue weighted by Crippen LogP contribution is 2.26. The first-order chi connectivity index (χ1) is 6.77. The second-order valence-corrected chi connectivity index (χ2v) is 4.58. The van der Waals surface area contributed by atoms with Crippen LogP contribution in [0, 0.1) is 0 Å². The van der Waals surface area contributed by atoms with Crippen molar-refractivity contribution < 1.29 is 0 Å². The fourth-order valence-electron chi connectivity index (χ4n) is 2.04. The smallest absolute Gasteiger partial charge is 0.0475 e. The monoisotopic (exact) mass is 209 g/mol. The minimum absolute atomic E-state index is 0.348. The van der Waals surface area contributed by atoms with E-state index >= 15 is 0 Å². The van der Waals surface area contributed by atoms with Crippen molar-refractivity contribution >= 4 is 11.6 Å². The molecule has 0 N–H and O–H groups in total. The van der Waals surface area contributed by atoms with E-state index in [4.69, 9.17) is 11.6 Å². The molecular formula is C12H16ClN. The van der Waals surface area contributed by atoms with Gasteiger partial charge in [0.1, 0.15) is 0 Å². The van der Waals surface area contributed by atoms with Gasteiger partial charge in [-0.2, -0.15) is 0 Å². The first-order valence-electron chi connectivity index (χ1n) is 5.20. The second kappa shape index (κ2) is 4.33. The maximum atomic E-state index is 6.10. The minimum Gasteiger partial charge on any atom is -0.295 e. The summed E-state index contributed by atoms with van der Waals surface area (Å²) in [4.78, 5) is 2.45. The summed E-state index contributed by atoms with van der Waals surface area (Å²) in [6.45, 7) is 4.41. The van der Waals surface area contributed by atoms with E-state index in [9.17, 15) is 0 Å².